The van der Waals surface area contributed by atoms with Gasteiger partial charge in [0.1, 0.15) is 0 Å². The summed E-state index contributed by atoms with van der Waals surface area (Å²) < 4.78 is 43.6. The van der Waals surface area contributed by atoms with Gasteiger partial charge >= 0.3 is 12.1 Å². The first-order chi connectivity index (χ1) is 14.7. The molecular formula is C21H19ClF3N3O3. The fourth-order valence-electron chi connectivity index (χ4n) is 3.15. The maximum absolute atomic E-state index is 12.9. The first-order valence-electron chi connectivity index (χ1n) is 9.44. The number of fused-ring (bicyclic) bond motifs is 1. The lowest BCUT2D eigenvalue weighted by molar-refractivity contribution is -0.148. The molecule has 1 amide bonds. The predicted molar refractivity (Wildman–Crippen MR) is 109 cm³/mol. The third-order valence-electron chi connectivity index (χ3n) is 4.62. The van der Waals surface area contributed by atoms with Gasteiger partial charge in [0.05, 0.1) is 22.9 Å². The van der Waals surface area contributed by atoms with E-state index in [0.29, 0.717) is 18.7 Å². The number of ether oxygens (including phenoxy) is 1. The summed E-state index contributed by atoms with van der Waals surface area (Å²) >= 11 is 5.94. The zero-order chi connectivity index (χ0) is 22.6. The van der Waals surface area contributed by atoms with Gasteiger partial charge in [0.15, 0.2) is 5.92 Å². The molecule has 31 heavy (non-hydrogen) atoms. The van der Waals surface area contributed by atoms with Gasteiger partial charge in [-0.25, -0.2) is 0 Å². The SMILES string of the molecule is CCOC(=O)C(C(=O)NCCc1c[nH]c2ccccc12)c1ncc(C(F)(F)F)cc1Cl. The minimum absolute atomic E-state index is 0.0177. The van der Waals surface area contributed by atoms with E-state index in [1.54, 1.807) is 6.92 Å². The Balaban J connectivity index is 1.77. The lowest BCUT2D eigenvalue weighted by atomic mass is 10.0. The molecule has 1 aromatic carbocycles. The zero-order valence-corrected chi connectivity index (χ0v) is 17.2. The lowest BCUT2D eigenvalue weighted by Gasteiger charge is -2.17. The van der Waals surface area contributed by atoms with Gasteiger partial charge in [-0.1, -0.05) is 29.8 Å². The van der Waals surface area contributed by atoms with Crippen molar-refractivity contribution >= 4 is 34.4 Å². The summed E-state index contributed by atoms with van der Waals surface area (Å²) in [4.78, 5) is 31.9. The molecule has 0 aliphatic heterocycles. The number of carbonyl (C=O) groups excluding carboxylic acids is 2. The highest BCUT2D eigenvalue weighted by Crippen LogP contribution is 2.33. The van der Waals surface area contributed by atoms with Crippen LogP contribution in [0, 0.1) is 0 Å². The lowest BCUT2D eigenvalue weighted by Crippen LogP contribution is -2.36. The molecular weight excluding hydrogens is 435 g/mol. The summed E-state index contributed by atoms with van der Waals surface area (Å²) in [5.74, 6) is -3.29. The number of para-hydroxylation sites is 1. The predicted octanol–water partition coefficient (Wildman–Crippen LogP) is 4.24. The molecule has 10 heteroatoms. The van der Waals surface area contributed by atoms with Crippen LogP contribution in [0.15, 0.2) is 42.7 Å². The van der Waals surface area contributed by atoms with Crippen LogP contribution in [0.25, 0.3) is 10.9 Å². The fourth-order valence-corrected chi connectivity index (χ4v) is 3.42. The highest BCUT2D eigenvalue weighted by molar-refractivity contribution is 6.32. The molecule has 3 rings (SSSR count). The van der Waals surface area contributed by atoms with E-state index in [4.69, 9.17) is 16.3 Å². The highest BCUT2D eigenvalue weighted by atomic mass is 35.5. The van der Waals surface area contributed by atoms with E-state index >= 15 is 0 Å². The second-order valence-electron chi connectivity index (χ2n) is 6.67. The summed E-state index contributed by atoms with van der Waals surface area (Å²) in [6.45, 7) is 1.72. The van der Waals surface area contributed by atoms with E-state index in [1.807, 2.05) is 30.5 Å². The number of hydrogen-bond acceptors (Lipinski definition) is 4. The number of pyridine rings is 1. The van der Waals surface area contributed by atoms with Crippen LogP contribution in [0.2, 0.25) is 5.02 Å². The molecule has 2 heterocycles. The van der Waals surface area contributed by atoms with Gasteiger partial charge in [-0.15, -0.1) is 0 Å². The smallest absolute Gasteiger partial charge is 0.417 e. The van der Waals surface area contributed by atoms with E-state index in [0.717, 1.165) is 16.5 Å². The van der Waals surface area contributed by atoms with Crippen molar-refractivity contribution in [2.24, 2.45) is 0 Å². The number of H-pyrrole nitrogens is 1. The summed E-state index contributed by atoms with van der Waals surface area (Å²) in [6.07, 6.45) is -1.82. The molecule has 0 fully saturated rings. The average Bonchev–Trinajstić information content (AvgIpc) is 3.12. The van der Waals surface area contributed by atoms with Crippen LogP contribution in [-0.2, 0) is 26.9 Å². The standard InChI is InChI=1S/C21H19ClF3N3O3/c1-2-31-20(30)17(18-15(22)9-13(11-28-18)21(23,24)25)19(29)26-8-7-12-10-27-16-6-4-3-5-14(12)16/h3-6,9-11,17,27H,2,7-8H2,1H3,(H,26,29). The van der Waals surface area contributed by atoms with Crippen molar-refractivity contribution in [1.29, 1.82) is 0 Å². The van der Waals surface area contributed by atoms with Crippen molar-refractivity contribution in [1.82, 2.24) is 15.3 Å². The number of alkyl halides is 3. The second kappa shape index (κ2) is 9.38. The van der Waals surface area contributed by atoms with Crippen molar-refractivity contribution in [2.45, 2.75) is 25.4 Å². The summed E-state index contributed by atoms with van der Waals surface area (Å²) in [7, 11) is 0. The maximum Gasteiger partial charge on any atom is 0.417 e. The molecule has 2 N–H and O–H groups in total. The number of hydrogen-bond donors (Lipinski definition) is 2. The molecule has 0 radical (unpaired) electrons. The Hall–Kier alpha value is -3.07. The third-order valence-corrected chi connectivity index (χ3v) is 4.93. The quantitative estimate of drug-likeness (QED) is 0.414. The Bertz CT molecular complexity index is 1100. The van der Waals surface area contributed by atoms with Crippen molar-refractivity contribution in [2.75, 3.05) is 13.2 Å². The number of aromatic amines is 1. The van der Waals surface area contributed by atoms with Gasteiger partial charge in [-0.05, 0) is 31.0 Å². The Labute approximate surface area is 180 Å². The fraction of sp³-hybridized carbons (Fsp3) is 0.286. The number of rotatable bonds is 7. The van der Waals surface area contributed by atoms with Gasteiger partial charge in [-0.3, -0.25) is 14.6 Å². The molecule has 6 nitrogen and oxygen atoms in total. The minimum atomic E-state index is -4.66. The van der Waals surface area contributed by atoms with Crippen LogP contribution >= 0.6 is 11.6 Å². The second-order valence-corrected chi connectivity index (χ2v) is 7.08. The van der Waals surface area contributed by atoms with E-state index in [2.05, 4.69) is 15.3 Å². The number of halogens is 4. The molecule has 0 bridgehead atoms. The molecule has 0 spiro atoms. The molecule has 1 atom stereocenters. The van der Waals surface area contributed by atoms with Crippen LogP contribution in [0.1, 0.15) is 29.7 Å². The molecule has 2 aromatic heterocycles. The molecule has 0 saturated carbocycles. The van der Waals surface area contributed by atoms with Gasteiger partial charge < -0.3 is 15.0 Å². The Kier molecular flexibility index (Phi) is 6.84. The first kappa shape index (κ1) is 22.6. The van der Waals surface area contributed by atoms with Crippen molar-refractivity contribution in [3.05, 3.63) is 64.6 Å². The first-order valence-corrected chi connectivity index (χ1v) is 9.82. The Morgan fingerprint density at radius 3 is 2.71 bits per heavy atom. The van der Waals surface area contributed by atoms with Crippen molar-refractivity contribution < 1.29 is 27.5 Å². The third kappa shape index (κ3) is 5.16. The number of esters is 1. The summed E-state index contributed by atoms with van der Waals surface area (Å²) in [5.41, 5.74) is 0.546. The average molecular weight is 454 g/mol. The Morgan fingerprint density at radius 1 is 1.29 bits per heavy atom. The van der Waals surface area contributed by atoms with Crippen LogP contribution in [0.5, 0.6) is 0 Å². The normalized spacial score (nSPS) is 12.5. The van der Waals surface area contributed by atoms with Gasteiger partial charge in [0, 0.05) is 29.8 Å². The molecule has 164 valence electrons. The zero-order valence-electron chi connectivity index (χ0n) is 16.4. The van der Waals surface area contributed by atoms with Gasteiger partial charge in [-0.2, -0.15) is 13.2 Å². The highest BCUT2D eigenvalue weighted by Gasteiger charge is 2.36. The van der Waals surface area contributed by atoms with Crippen molar-refractivity contribution in [3.8, 4) is 0 Å². The van der Waals surface area contributed by atoms with E-state index < -0.39 is 34.6 Å². The number of nitrogens with zero attached hydrogens (tertiary/aromatic N) is 1. The van der Waals surface area contributed by atoms with Crippen LogP contribution in [-0.4, -0.2) is 35.0 Å². The topological polar surface area (TPSA) is 84.1 Å². The Morgan fingerprint density at radius 2 is 2.03 bits per heavy atom. The number of nitrogens with one attached hydrogen (secondary N) is 2. The van der Waals surface area contributed by atoms with E-state index in [1.165, 1.54) is 0 Å². The number of benzene rings is 1. The molecule has 1 unspecified atom stereocenters. The molecule has 0 aliphatic carbocycles. The maximum atomic E-state index is 12.9. The number of aromatic nitrogens is 2. The van der Waals surface area contributed by atoms with Crippen LogP contribution in [0.4, 0.5) is 13.2 Å². The monoisotopic (exact) mass is 453 g/mol. The largest absolute Gasteiger partial charge is 0.465 e. The van der Waals surface area contributed by atoms with Gasteiger partial charge in [0.2, 0.25) is 5.91 Å². The molecule has 0 saturated heterocycles. The van der Waals surface area contributed by atoms with E-state index in [9.17, 15) is 22.8 Å². The molecule has 3 aromatic rings. The minimum Gasteiger partial charge on any atom is -0.465 e. The number of amides is 1. The molecule has 0 aliphatic rings. The summed E-state index contributed by atoms with van der Waals surface area (Å²) in [5, 5.41) is 3.18. The van der Waals surface area contributed by atoms with E-state index in [-0.39, 0.29) is 18.8 Å². The number of carbonyl (C=O) groups is 2. The summed E-state index contributed by atoms with van der Waals surface area (Å²) in [6, 6.07) is 8.29. The van der Waals surface area contributed by atoms with Crippen LogP contribution in [0.3, 0.4) is 0 Å². The van der Waals surface area contributed by atoms with Gasteiger partial charge in [0.25, 0.3) is 0 Å². The van der Waals surface area contributed by atoms with Crippen LogP contribution < -0.4 is 5.32 Å². The van der Waals surface area contributed by atoms with Crippen molar-refractivity contribution in [3.63, 3.8) is 0 Å².